The third kappa shape index (κ3) is 5.34. The lowest BCUT2D eigenvalue weighted by molar-refractivity contribution is -0.194. The molecule has 1 aromatic carbocycles. The van der Waals surface area contributed by atoms with Gasteiger partial charge in [-0.05, 0) is 56.6 Å². The van der Waals surface area contributed by atoms with Gasteiger partial charge in [0.05, 0.1) is 24.2 Å². The second kappa shape index (κ2) is 12.7. The van der Waals surface area contributed by atoms with Crippen LogP contribution in [-0.2, 0) is 43.2 Å². The Kier molecular flexibility index (Phi) is 9.45. The Balaban J connectivity index is 1.68. The number of thioether (sulfide) groups is 1. The van der Waals surface area contributed by atoms with Crippen molar-refractivity contribution in [2.75, 3.05) is 13.2 Å². The van der Waals surface area contributed by atoms with Gasteiger partial charge < -0.3 is 23.8 Å². The average molecular weight is 650 g/mol. The summed E-state index contributed by atoms with van der Waals surface area (Å²) in [5.74, 6) is -2.53. The van der Waals surface area contributed by atoms with Gasteiger partial charge in [0, 0.05) is 23.9 Å². The Hall–Kier alpha value is -2.57. The van der Waals surface area contributed by atoms with E-state index in [0.29, 0.717) is 24.5 Å². The molecule has 4 aliphatic rings. The molecule has 3 fully saturated rings. The topological polar surface area (TPSA) is 126 Å². The Labute approximate surface area is 264 Å². The standard InChI is InChI=1S/C32H43NO9S2/c1-7-39-29(36)27-26-28(35)42-31(41-24-17-19(4)13-14-23(24)18(2)3)32(26,44(37,38)22-11-9-8-10-12-22)30-33(27)20(5)25(43-30)15-16-40-21(6)34/h8-12,18-19,23-24,26-27,30-31H,7,13-17H2,1-6H3/t19-,23+,24-,26-,27-,30+,31+,32-/m1/s1. The maximum Gasteiger partial charge on any atom is 0.329 e. The first-order valence-electron chi connectivity index (χ1n) is 15.5. The van der Waals surface area contributed by atoms with Gasteiger partial charge in [0.15, 0.2) is 14.6 Å². The van der Waals surface area contributed by atoms with E-state index in [2.05, 4.69) is 20.8 Å². The van der Waals surface area contributed by atoms with Crippen LogP contribution in [-0.4, -0.2) is 73.0 Å². The fraction of sp³-hybridized carbons (Fsp3) is 0.656. The second-order valence-corrected chi connectivity index (χ2v) is 16.0. The van der Waals surface area contributed by atoms with Crippen molar-refractivity contribution in [1.29, 1.82) is 0 Å². The molecule has 10 nitrogen and oxygen atoms in total. The number of carbonyl (C=O) groups is 3. The quantitative estimate of drug-likeness (QED) is 0.259. The monoisotopic (exact) mass is 649 g/mol. The third-order valence-electron chi connectivity index (χ3n) is 9.57. The van der Waals surface area contributed by atoms with Crippen LogP contribution in [0.1, 0.15) is 67.2 Å². The van der Waals surface area contributed by atoms with Gasteiger partial charge in [0.2, 0.25) is 6.29 Å². The van der Waals surface area contributed by atoms with Gasteiger partial charge in [-0.15, -0.1) is 11.8 Å². The predicted octanol–water partition coefficient (Wildman–Crippen LogP) is 4.68. The van der Waals surface area contributed by atoms with E-state index < -0.39 is 56.1 Å². The number of allylic oxidation sites excluding steroid dienone is 1. The zero-order valence-electron chi connectivity index (χ0n) is 26.2. The Morgan fingerprint density at radius 3 is 2.50 bits per heavy atom. The van der Waals surface area contributed by atoms with Crippen molar-refractivity contribution in [3.8, 4) is 0 Å². The van der Waals surface area contributed by atoms with Crippen LogP contribution in [0.5, 0.6) is 0 Å². The molecule has 3 heterocycles. The lowest BCUT2D eigenvalue weighted by Crippen LogP contribution is -2.58. The number of rotatable bonds is 10. The highest BCUT2D eigenvalue weighted by molar-refractivity contribution is 8.05. The summed E-state index contributed by atoms with van der Waals surface area (Å²) in [6.07, 6.45) is 1.19. The highest BCUT2D eigenvalue weighted by Gasteiger charge is 2.81. The molecule has 0 N–H and O–H groups in total. The molecular formula is C32H43NO9S2. The first-order chi connectivity index (χ1) is 20.9. The van der Waals surface area contributed by atoms with E-state index in [4.69, 9.17) is 18.9 Å². The van der Waals surface area contributed by atoms with Gasteiger partial charge in [-0.3, -0.25) is 9.59 Å². The highest BCUT2D eigenvalue weighted by Crippen LogP contribution is 2.63. The zero-order chi connectivity index (χ0) is 32.0. The maximum absolute atomic E-state index is 15.1. The van der Waals surface area contributed by atoms with Gasteiger partial charge in [-0.2, -0.15) is 0 Å². The molecular weight excluding hydrogens is 606 g/mol. The van der Waals surface area contributed by atoms with Crippen LogP contribution in [0.15, 0.2) is 45.8 Å². The minimum atomic E-state index is -4.39. The molecule has 0 radical (unpaired) electrons. The molecule has 1 aliphatic carbocycles. The molecule has 0 bridgehead atoms. The number of nitrogens with zero attached hydrogens (tertiary/aromatic N) is 1. The van der Waals surface area contributed by atoms with Crippen LogP contribution in [0, 0.1) is 23.7 Å². The van der Waals surface area contributed by atoms with Crippen molar-refractivity contribution in [3.05, 3.63) is 40.9 Å². The van der Waals surface area contributed by atoms with Crippen LogP contribution in [0.2, 0.25) is 0 Å². The molecule has 3 aliphatic heterocycles. The van der Waals surface area contributed by atoms with Gasteiger partial charge in [0.1, 0.15) is 17.3 Å². The number of ether oxygens (including phenoxy) is 4. The van der Waals surface area contributed by atoms with Crippen molar-refractivity contribution in [3.63, 3.8) is 0 Å². The Bertz CT molecular complexity index is 1410. The summed E-state index contributed by atoms with van der Waals surface area (Å²) in [6, 6.07) is 6.75. The second-order valence-electron chi connectivity index (χ2n) is 12.6. The zero-order valence-corrected chi connectivity index (χ0v) is 27.8. The summed E-state index contributed by atoms with van der Waals surface area (Å²) < 4.78 is 51.7. The van der Waals surface area contributed by atoms with E-state index in [1.165, 1.54) is 30.8 Å². The summed E-state index contributed by atoms with van der Waals surface area (Å²) in [6.45, 7) is 11.3. The van der Waals surface area contributed by atoms with Gasteiger partial charge in [-0.1, -0.05) is 45.4 Å². The Morgan fingerprint density at radius 1 is 1.16 bits per heavy atom. The van der Waals surface area contributed by atoms with Crippen molar-refractivity contribution in [2.24, 2.45) is 23.7 Å². The fourth-order valence-corrected chi connectivity index (χ4v) is 11.8. The molecule has 1 aromatic rings. The molecule has 0 spiro atoms. The smallest absolute Gasteiger partial charge is 0.329 e. The van der Waals surface area contributed by atoms with E-state index in [9.17, 15) is 14.4 Å². The van der Waals surface area contributed by atoms with Crippen molar-refractivity contribution < 1.29 is 41.7 Å². The first kappa shape index (κ1) is 32.8. The Morgan fingerprint density at radius 2 is 1.86 bits per heavy atom. The molecule has 2 saturated heterocycles. The van der Waals surface area contributed by atoms with Crippen LogP contribution in [0.3, 0.4) is 0 Å². The average Bonchev–Trinajstić information content (AvgIpc) is 3.55. The number of hydrogen-bond donors (Lipinski definition) is 0. The minimum Gasteiger partial charge on any atom is -0.466 e. The van der Waals surface area contributed by atoms with E-state index in [1.54, 1.807) is 36.9 Å². The van der Waals surface area contributed by atoms with E-state index in [0.717, 1.165) is 17.7 Å². The third-order valence-corrected chi connectivity index (χ3v) is 13.8. The summed E-state index contributed by atoms with van der Waals surface area (Å²) in [5.41, 5.74) is 0.639. The fourth-order valence-electron chi connectivity index (χ4n) is 7.47. The molecule has 8 atom stereocenters. The molecule has 0 amide bonds. The number of benzene rings is 1. The summed E-state index contributed by atoms with van der Waals surface area (Å²) in [5, 5.41) is -0.936. The SMILES string of the molecule is CCOC(=O)[C@H]1[C@@H]2C(=O)O[C@H](O[C@@H]3C[C@H](C)CC[C@H]3C(C)C)[C@]2(S(=O)(=O)c2ccccc2)[C@@H]2SC(CCOC(C)=O)=C(C)N21. The van der Waals surface area contributed by atoms with E-state index in [-0.39, 0.29) is 36.0 Å². The molecule has 242 valence electrons. The predicted molar refractivity (Wildman–Crippen MR) is 164 cm³/mol. The van der Waals surface area contributed by atoms with Gasteiger partial charge in [0.25, 0.3) is 0 Å². The lowest BCUT2D eigenvalue weighted by atomic mass is 9.75. The molecule has 0 aromatic heterocycles. The number of fused-ring (bicyclic) bond motifs is 3. The molecule has 0 unspecified atom stereocenters. The number of esters is 3. The van der Waals surface area contributed by atoms with Crippen LogP contribution in [0.25, 0.3) is 0 Å². The first-order valence-corrected chi connectivity index (χ1v) is 17.8. The molecule has 5 rings (SSSR count). The van der Waals surface area contributed by atoms with E-state index in [1.807, 2.05) is 0 Å². The van der Waals surface area contributed by atoms with Gasteiger partial charge >= 0.3 is 17.9 Å². The summed E-state index contributed by atoms with van der Waals surface area (Å²) in [7, 11) is -4.39. The number of sulfone groups is 1. The van der Waals surface area contributed by atoms with Crippen molar-refractivity contribution >= 4 is 39.5 Å². The van der Waals surface area contributed by atoms with E-state index >= 15 is 8.42 Å². The van der Waals surface area contributed by atoms with Gasteiger partial charge in [-0.25, -0.2) is 13.2 Å². The summed E-state index contributed by atoms with van der Waals surface area (Å²) in [4.78, 5) is 41.7. The minimum absolute atomic E-state index is 0.0189. The van der Waals surface area contributed by atoms with Crippen LogP contribution >= 0.6 is 11.8 Å². The molecule has 44 heavy (non-hydrogen) atoms. The van der Waals surface area contributed by atoms with Crippen LogP contribution < -0.4 is 0 Å². The van der Waals surface area contributed by atoms with Crippen molar-refractivity contribution in [1.82, 2.24) is 4.90 Å². The van der Waals surface area contributed by atoms with Crippen LogP contribution in [0.4, 0.5) is 0 Å². The normalized spacial score (nSPS) is 33.3. The highest BCUT2D eigenvalue weighted by atomic mass is 32.2. The molecule has 12 heteroatoms. The number of cyclic esters (lactones) is 1. The van der Waals surface area contributed by atoms with Crippen molar-refractivity contribution in [2.45, 2.75) is 101 Å². The lowest BCUT2D eigenvalue weighted by Gasteiger charge is -2.42. The largest absolute Gasteiger partial charge is 0.466 e. The maximum atomic E-state index is 15.1. The molecule has 1 saturated carbocycles. The number of hydrogen-bond acceptors (Lipinski definition) is 11. The number of carbonyl (C=O) groups excluding carboxylic acids is 3. The summed E-state index contributed by atoms with van der Waals surface area (Å²) >= 11 is 1.27.